The molecule has 4 nitrogen and oxygen atoms in total. The molecule has 2 spiro atoms. The van der Waals surface area contributed by atoms with Crippen molar-refractivity contribution in [2.75, 3.05) is 0 Å². The molecule has 1 unspecified atom stereocenters. The molecular weight excluding hydrogens is 1360 g/mol. The fourth-order valence-electron chi connectivity index (χ4n) is 18.7. The molecule has 0 amide bonds. The highest BCUT2D eigenvalue weighted by Gasteiger charge is 2.52. The molecule has 6 heteroatoms. The van der Waals surface area contributed by atoms with Crippen LogP contribution >= 0.6 is 23.5 Å². The summed E-state index contributed by atoms with van der Waals surface area (Å²) in [6.07, 6.45) is 0. The second-order valence-corrected chi connectivity index (χ2v) is 32.0. The van der Waals surface area contributed by atoms with Crippen molar-refractivity contribution in [2.45, 2.75) is 49.7 Å². The van der Waals surface area contributed by atoms with Crippen molar-refractivity contribution in [3.8, 4) is 135 Å². The fraction of sp³-hybridized carbons (Fsp3) is 0.0485. The summed E-state index contributed by atoms with van der Waals surface area (Å²) in [5, 5.41) is 0. The molecule has 1 atom stereocenters. The molecule has 0 saturated carbocycles. The number of benzene rings is 15. The van der Waals surface area contributed by atoms with Gasteiger partial charge in [-0.15, -0.1) is 0 Å². The highest BCUT2D eigenvalue weighted by Crippen LogP contribution is 2.65. The van der Waals surface area contributed by atoms with Crippen LogP contribution in [0.25, 0.3) is 135 Å². The summed E-state index contributed by atoms with van der Waals surface area (Å²) >= 11 is 3.75. The second-order valence-electron chi connectivity index (χ2n) is 29.8. The molecule has 4 heterocycles. The second kappa shape index (κ2) is 24.6. The molecule has 3 aliphatic carbocycles. The van der Waals surface area contributed by atoms with E-state index in [4.69, 9.17) is 19.9 Å². The molecule has 109 heavy (non-hydrogen) atoms. The van der Waals surface area contributed by atoms with E-state index >= 15 is 0 Å². The SMILES string of the molecule is CC1(C)c2ccccc2-c2ccc(-c3cc(-c4cccc(-c5ccc6c(c5)C5(c7ccccc7S6)c6ccccc6-c6ccccc65)c4)nc(-c4ccc(-c5ccc6c(c5)C5(c7ccccc7Sc7ccc(-c8ccccc8-c8cc(-c9ccccc9)nc(-c9ccccc9)n8)cc75)c5ccccc5-6)cc4)n3)cc21. The monoisotopic (exact) mass is 1420 g/mol. The Bertz CT molecular complexity index is 6550. The molecule has 2 aromatic heterocycles. The summed E-state index contributed by atoms with van der Waals surface area (Å²) in [6, 6.07) is 135. The average molecular weight is 1420 g/mol. The number of hydrogen-bond donors (Lipinski definition) is 0. The van der Waals surface area contributed by atoms with E-state index in [-0.39, 0.29) is 5.41 Å². The van der Waals surface area contributed by atoms with Gasteiger partial charge in [0, 0.05) is 58.4 Å². The Balaban J connectivity index is 0.664. The van der Waals surface area contributed by atoms with E-state index in [1.807, 2.05) is 29.6 Å². The van der Waals surface area contributed by atoms with Crippen molar-refractivity contribution in [3.05, 3.63) is 420 Å². The predicted molar refractivity (Wildman–Crippen MR) is 447 cm³/mol. The highest BCUT2D eigenvalue weighted by atomic mass is 32.2. The largest absolute Gasteiger partial charge is 0.228 e. The quantitative estimate of drug-likeness (QED) is 0.144. The summed E-state index contributed by atoms with van der Waals surface area (Å²) in [4.78, 5) is 26.8. The third-order valence-corrected chi connectivity index (χ3v) is 26.0. The molecule has 5 aliphatic rings. The van der Waals surface area contributed by atoms with Gasteiger partial charge < -0.3 is 0 Å². The van der Waals surface area contributed by atoms with Crippen LogP contribution in [-0.4, -0.2) is 19.9 Å². The van der Waals surface area contributed by atoms with Crippen molar-refractivity contribution in [1.82, 2.24) is 19.9 Å². The van der Waals surface area contributed by atoms with Gasteiger partial charge in [-0.3, -0.25) is 0 Å². The first-order chi connectivity index (χ1) is 53.7. The van der Waals surface area contributed by atoms with Crippen LogP contribution in [0, 0.1) is 0 Å². The average Bonchev–Trinajstić information content (AvgIpc) is 1.55. The van der Waals surface area contributed by atoms with Gasteiger partial charge in [0.2, 0.25) is 0 Å². The lowest BCUT2D eigenvalue weighted by Gasteiger charge is -2.40. The number of hydrogen-bond acceptors (Lipinski definition) is 6. The van der Waals surface area contributed by atoms with Crippen LogP contribution in [0.5, 0.6) is 0 Å². The molecule has 0 bridgehead atoms. The summed E-state index contributed by atoms with van der Waals surface area (Å²) in [6.45, 7) is 4.70. The lowest BCUT2D eigenvalue weighted by atomic mass is 9.66. The minimum atomic E-state index is -0.654. The van der Waals surface area contributed by atoms with Crippen LogP contribution < -0.4 is 0 Å². The molecule has 15 aromatic carbocycles. The van der Waals surface area contributed by atoms with Crippen LogP contribution in [0.1, 0.15) is 69.5 Å². The summed E-state index contributed by atoms with van der Waals surface area (Å²) in [7, 11) is 0. The van der Waals surface area contributed by atoms with Gasteiger partial charge in [0.15, 0.2) is 11.6 Å². The van der Waals surface area contributed by atoms with Crippen LogP contribution in [0.2, 0.25) is 0 Å². The van der Waals surface area contributed by atoms with Gasteiger partial charge in [0.05, 0.1) is 33.6 Å². The van der Waals surface area contributed by atoms with E-state index < -0.39 is 10.8 Å². The first-order valence-electron chi connectivity index (χ1n) is 37.5. The van der Waals surface area contributed by atoms with Crippen molar-refractivity contribution < 1.29 is 0 Å². The van der Waals surface area contributed by atoms with Crippen LogP contribution in [0.3, 0.4) is 0 Å². The smallest absolute Gasteiger partial charge is 0.160 e. The molecular formula is C103H66N4S2. The first-order valence-corrected chi connectivity index (χ1v) is 39.1. The molecule has 0 fully saturated rings. The van der Waals surface area contributed by atoms with Gasteiger partial charge in [-0.2, -0.15) is 0 Å². The Morgan fingerprint density at radius 3 is 1.12 bits per heavy atom. The van der Waals surface area contributed by atoms with Crippen molar-refractivity contribution >= 4 is 23.5 Å². The number of aromatic nitrogens is 4. The maximum atomic E-state index is 5.60. The zero-order chi connectivity index (χ0) is 72.1. The van der Waals surface area contributed by atoms with Crippen molar-refractivity contribution in [1.29, 1.82) is 0 Å². The number of rotatable bonds is 9. The Morgan fingerprint density at radius 2 is 0.514 bits per heavy atom. The molecule has 0 saturated heterocycles. The lowest BCUT2D eigenvalue weighted by Crippen LogP contribution is -2.32. The van der Waals surface area contributed by atoms with Gasteiger partial charge in [-0.25, -0.2) is 19.9 Å². The van der Waals surface area contributed by atoms with Gasteiger partial charge >= 0.3 is 0 Å². The van der Waals surface area contributed by atoms with E-state index in [2.05, 4.69) is 372 Å². The number of fused-ring (bicyclic) bond motifs is 21. The van der Waals surface area contributed by atoms with E-state index in [0.29, 0.717) is 11.6 Å². The fourth-order valence-corrected chi connectivity index (χ4v) is 21.1. The maximum absolute atomic E-state index is 5.60. The van der Waals surface area contributed by atoms with Crippen molar-refractivity contribution in [2.24, 2.45) is 0 Å². The minimum Gasteiger partial charge on any atom is -0.228 e. The molecule has 2 aliphatic heterocycles. The highest BCUT2D eigenvalue weighted by molar-refractivity contribution is 7.99. The van der Waals surface area contributed by atoms with Gasteiger partial charge in [-0.05, 0) is 189 Å². The predicted octanol–water partition coefficient (Wildman–Crippen LogP) is 26.2. The van der Waals surface area contributed by atoms with Crippen LogP contribution in [0.4, 0.5) is 0 Å². The van der Waals surface area contributed by atoms with E-state index in [9.17, 15) is 0 Å². The topological polar surface area (TPSA) is 51.6 Å². The summed E-state index contributed by atoms with van der Waals surface area (Å²) < 4.78 is 0. The first kappa shape index (κ1) is 63.4. The zero-order valence-electron chi connectivity index (χ0n) is 59.7. The maximum Gasteiger partial charge on any atom is 0.160 e. The number of nitrogens with zero attached hydrogens (tertiary/aromatic N) is 4. The molecule has 22 rings (SSSR count). The Hall–Kier alpha value is -12.8. The van der Waals surface area contributed by atoms with Gasteiger partial charge in [0.25, 0.3) is 0 Å². The van der Waals surface area contributed by atoms with Gasteiger partial charge in [-0.1, -0.05) is 335 Å². The molecule has 0 radical (unpaired) electrons. The third kappa shape index (κ3) is 9.68. The third-order valence-electron chi connectivity index (χ3n) is 23.7. The van der Waals surface area contributed by atoms with Crippen LogP contribution in [-0.2, 0) is 16.2 Å². The van der Waals surface area contributed by atoms with E-state index in [1.165, 1.54) is 109 Å². The standard InChI is InChI=1S/C103H66N4S2/c1-101(2)81-36-15-11-31-74(81)78-53-49-72(60-87(78)101)93-61-92(71-29-23-28-67(56-71)69-50-54-97-89(58-69)102(85-40-19-21-42-95(85)108-97)82-37-16-12-32-75(82)76-33-13-17-38-83(76)102)105-100(106-93)66-46-44-63(45-47-66)68-48-52-79-77-34-14-18-39-84(77)103(88(79)57-68)86-41-20-22-43-96(86)109-98-55-51-70(59-90(98)103)73-30-9-10-35-80(73)94-62-91(64-24-5-3-6-25-64)104-99(107-94)65-26-7-4-8-27-65/h3-62H,1-2H3. The molecule has 17 aromatic rings. The Kier molecular flexibility index (Phi) is 14.3. The Labute approximate surface area is 642 Å². The van der Waals surface area contributed by atoms with Crippen LogP contribution in [0.15, 0.2) is 384 Å². The Morgan fingerprint density at radius 1 is 0.183 bits per heavy atom. The lowest BCUT2D eigenvalue weighted by molar-refractivity contribution is 0.660. The molecule has 510 valence electrons. The van der Waals surface area contributed by atoms with E-state index in [1.54, 1.807) is 0 Å². The normalized spacial score (nSPS) is 15.0. The minimum absolute atomic E-state index is 0.194. The summed E-state index contributed by atoms with van der Waals surface area (Å²) in [5.41, 5.74) is 35.7. The zero-order valence-corrected chi connectivity index (χ0v) is 61.4. The van der Waals surface area contributed by atoms with Crippen molar-refractivity contribution in [3.63, 3.8) is 0 Å². The summed E-state index contributed by atoms with van der Waals surface area (Å²) in [5.74, 6) is 1.36. The van der Waals surface area contributed by atoms with E-state index in [0.717, 1.165) is 89.5 Å². The van der Waals surface area contributed by atoms with Gasteiger partial charge in [0.1, 0.15) is 0 Å². The molecule has 0 N–H and O–H groups in total.